The van der Waals surface area contributed by atoms with Gasteiger partial charge in [-0.15, -0.1) is 0 Å². The molecule has 86 valence electrons. The molecule has 2 rings (SSSR count). The van der Waals surface area contributed by atoms with E-state index >= 15 is 0 Å². The number of ether oxygens (including phenoxy) is 1. The molecule has 1 amide bonds. The molecule has 0 spiro atoms. The maximum absolute atomic E-state index is 13.2. The van der Waals surface area contributed by atoms with Crippen LogP contribution in [0.3, 0.4) is 0 Å². The first-order chi connectivity index (χ1) is 7.66. The molecule has 1 unspecified atom stereocenters. The largest absolute Gasteiger partial charge is 0.478 e. The maximum atomic E-state index is 13.2. The lowest BCUT2D eigenvalue weighted by atomic mass is 10.3. The van der Waals surface area contributed by atoms with Crippen LogP contribution in [0.15, 0.2) is 24.3 Å². The van der Waals surface area contributed by atoms with Crippen LogP contribution in [-0.2, 0) is 4.79 Å². The minimum atomic E-state index is -0.669. The molecule has 1 atom stereocenters. The molecule has 1 aromatic carbocycles. The number of carbonyl (C=O) groups is 1. The highest BCUT2D eigenvalue weighted by Gasteiger charge is 2.26. The van der Waals surface area contributed by atoms with Crippen molar-refractivity contribution in [3.05, 3.63) is 30.1 Å². The van der Waals surface area contributed by atoms with Crippen molar-refractivity contribution < 1.29 is 13.9 Å². The summed E-state index contributed by atoms with van der Waals surface area (Å²) in [4.78, 5) is 11.6. The highest BCUT2D eigenvalue weighted by molar-refractivity contribution is 5.81. The predicted molar refractivity (Wildman–Crippen MR) is 57.7 cm³/mol. The van der Waals surface area contributed by atoms with E-state index in [4.69, 9.17) is 4.74 Å². The second kappa shape index (κ2) is 4.51. The van der Waals surface area contributed by atoms with Gasteiger partial charge in [0.2, 0.25) is 0 Å². The lowest BCUT2D eigenvalue weighted by Crippen LogP contribution is -2.37. The molecule has 0 heterocycles. The van der Waals surface area contributed by atoms with Crippen molar-refractivity contribution in [1.82, 2.24) is 5.32 Å². The van der Waals surface area contributed by atoms with Crippen molar-refractivity contribution in [3.8, 4) is 5.75 Å². The Bertz CT molecular complexity index is 390. The molecule has 1 aliphatic carbocycles. The highest BCUT2D eigenvalue weighted by atomic mass is 19.1. The van der Waals surface area contributed by atoms with Gasteiger partial charge in [-0.2, -0.15) is 0 Å². The summed E-state index contributed by atoms with van der Waals surface area (Å²) in [5, 5.41) is 2.81. The summed E-state index contributed by atoms with van der Waals surface area (Å²) in [6, 6.07) is 6.36. The maximum Gasteiger partial charge on any atom is 0.260 e. The number of rotatable bonds is 4. The summed E-state index contributed by atoms with van der Waals surface area (Å²) in [6.45, 7) is 1.62. The SMILES string of the molecule is CC(Oc1ccccc1F)C(=O)NC1CC1. The summed E-state index contributed by atoms with van der Waals surface area (Å²) in [5.74, 6) is -0.528. The zero-order valence-corrected chi connectivity index (χ0v) is 9.07. The van der Waals surface area contributed by atoms with Crippen LogP contribution in [0.5, 0.6) is 5.75 Å². The Morgan fingerprint density at radius 1 is 1.50 bits per heavy atom. The van der Waals surface area contributed by atoms with Gasteiger partial charge in [-0.3, -0.25) is 4.79 Å². The van der Waals surface area contributed by atoms with Gasteiger partial charge >= 0.3 is 0 Å². The van der Waals surface area contributed by atoms with Crippen LogP contribution in [0.4, 0.5) is 4.39 Å². The molecule has 0 aliphatic heterocycles. The number of hydrogen-bond acceptors (Lipinski definition) is 2. The smallest absolute Gasteiger partial charge is 0.260 e. The van der Waals surface area contributed by atoms with Crippen LogP contribution in [0.1, 0.15) is 19.8 Å². The molecule has 0 aromatic heterocycles. The van der Waals surface area contributed by atoms with Gasteiger partial charge in [0.1, 0.15) is 0 Å². The van der Waals surface area contributed by atoms with Crippen molar-refractivity contribution in [2.75, 3.05) is 0 Å². The van der Waals surface area contributed by atoms with Crippen LogP contribution in [0.25, 0.3) is 0 Å². The topological polar surface area (TPSA) is 38.3 Å². The van der Waals surface area contributed by atoms with E-state index in [1.165, 1.54) is 12.1 Å². The summed E-state index contributed by atoms with van der Waals surface area (Å²) in [5.41, 5.74) is 0. The monoisotopic (exact) mass is 223 g/mol. The van der Waals surface area contributed by atoms with E-state index in [-0.39, 0.29) is 11.7 Å². The average molecular weight is 223 g/mol. The molecule has 0 radical (unpaired) electrons. The lowest BCUT2D eigenvalue weighted by molar-refractivity contribution is -0.127. The van der Waals surface area contributed by atoms with Gasteiger partial charge < -0.3 is 10.1 Å². The zero-order chi connectivity index (χ0) is 11.5. The van der Waals surface area contributed by atoms with Gasteiger partial charge in [0.05, 0.1) is 0 Å². The fourth-order valence-electron chi connectivity index (χ4n) is 1.33. The van der Waals surface area contributed by atoms with Crippen LogP contribution in [-0.4, -0.2) is 18.1 Å². The van der Waals surface area contributed by atoms with Crippen LogP contribution >= 0.6 is 0 Å². The molecule has 16 heavy (non-hydrogen) atoms. The van der Waals surface area contributed by atoms with Gasteiger partial charge in [0.15, 0.2) is 17.7 Å². The van der Waals surface area contributed by atoms with E-state index in [0.717, 1.165) is 12.8 Å². The summed E-state index contributed by atoms with van der Waals surface area (Å²) in [6.07, 6.45) is 1.38. The van der Waals surface area contributed by atoms with E-state index in [1.807, 2.05) is 0 Å². The van der Waals surface area contributed by atoms with Crippen molar-refractivity contribution in [3.63, 3.8) is 0 Å². The fraction of sp³-hybridized carbons (Fsp3) is 0.417. The number of amides is 1. The molecule has 1 fully saturated rings. The Morgan fingerprint density at radius 2 is 2.19 bits per heavy atom. The second-order valence-corrected chi connectivity index (χ2v) is 3.97. The Labute approximate surface area is 93.6 Å². The predicted octanol–water partition coefficient (Wildman–Crippen LogP) is 1.87. The Hall–Kier alpha value is -1.58. The van der Waals surface area contributed by atoms with Gasteiger partial charge in [-0.1, -0.05) is 12.1 Å². The van der Waals surface area contributed by atoms with E-state index in [0.29, 0.717) is 6.04 Å². The average Bonchev–Trinajstić information content (AvgIpc) is 3.05. The van der Waals surface area contributed by atoms with E-state index in [9.17, 15) is 9.18 Å². The fourth-order valence-corrected chi connectivity index (χ4v) is 1.33. The van der Waals surface area contributed by atoms with E-state index < -0.39 is 11.9 Å². The molecule has 0 bridgehead atoms. The third-order valence-corrected chi connectivity index (χ3v) is 2.43. The molecular weight excluding hydrogens is 209 g/mol. The van der Waals surface area contributed by atoms with Crippen molar-refractivity contribution in [2.45, 2.75) is 31.9 Å². The molecular formula is C12H14FNO2. The van der Waals surface area contributed by atoms with E-state index in [2.05, 4.69) is 5.32 Å². The number of nitrogens with one attached hydrogen (secondary N) is 1. The van der Waals surface area contributed by atoms with Crippen molar-refractivity contribution >= 4 is 5.91 Å². The molecule has 1 aliphatic rings. The third-order valence-electron chi connectivity index (χ3n) is 2.43. The van der Waals surface area contributed by atoms with Crippen molar-refractivity contribution in [2.24, 2.45) is 0 Å². The molecule has 1 N–H and O–H groups in total. The number of benzene rings is 1. The number of halogens is 1. The lowest BCUT2D eigenvalue weighted by Gasteiger charge is -2.14. The molecule has 4 heteroatoms. The Balaban J connectivity index is 1.92. The molecule has 1 aromatic rings. The van der Waals surface area contributed by atoms with Gasteiger partial charge in [0.25, 0.3) is 5.91 Å². The Morgan fingerprint density at radius 3 is 2.81 bits per heavy atom. The highest BCUT2D eigenvalue weighted by Crippen LogP contribution is 2.20. The molecule has 0 saturated heterocycles. The standard InChI is InChI=1S/C12H14FNO2/c1-8(12(15)14-9-6-7-9)16-11-5-3-2-4-10(11)13/h2-5,8-9H,6-7H2,1H3,(H,14,15). The van der Waals surface area contributed by atoms with Crippen LogP contribution in [0.2, 0.25) is 0 Å². The summed E-state index contributed by atoms with van der Waals surface area (Å²) in [7, 11) is 0. The first kappa shape index (κ1) is 10.9. The summed E-state index contributed by atoms with van der Waals surface area (Å²) >= 11 is 0. The first-order valence-corrected chi connectivity index (χ1v) is 5.38. The third kappa shape index (κ3) is 2.72. The zero-order valence-electron chi connectivity index (χ0n) is 9.07. The number of para-hydroxylation sites is 1. The second-order valence-electron chi connectivity index (χ2n) is 3.97. The molecule has 1 saturated carbocycles. The van der Waals surface area contributed by atoms with Gasteiger partial charge in [0, 0.05) is 6.04 Å². The van der Waals surface area contributed by atoms with Crippen LogP contribution < -0.4 is 10.1 Å². The Kier molecular flexibility index (Phi) is 3.08. The van der Waals surface area contributed by atoms with Gasteiger partial charge in [-0.25, -0.2) is 4.39 Å². The quantitative estimate of drug-likeness (QED) is 0.846. The van der Waals surface area contributed by atoms with Crippen molar-refractivity contribution in [1.29, 1.82) is 0 Å². The first-order valence-electron chi connectivity index (χ1n) is 5.38. The summed E-state index contributed by atoms with van der Waals surface area (Å²) < 4.78 is 18.5. The number of hydrogen-bond donors (Lipinski definition) is 1. The van der Waals surface area contributed by atoms with Crippen LogP contribution in [0, 0.1) is 5.82 Å². The minimum absolute atomic E-state index is 0.112. The van der Waals surface area contributed by atoms with E-state index in [1.54, 1.807) is 19.1 Å². The number of carbonyl (C=O) groups excluding carboxylic acids is 1. The minimum Gasteiger partial charge on any atom is -0.478 e. The van der Waals surface area contributed by atoms with Gasteiger partial charge in [-0.05, 0) is 31.9 Å². The molecule has 3 nitrogen and oxygen atoms in total. The normalized spacial score (nSPS) is 16.6.